The normalized spacial score (nSPS) is 10.5. The van der Waals surface area contributed by atoms with Gasteiger partial charge in [-0.1, -0.05) is 68.1 Å². The van der Waals surface area contributed by atoms with E-state index in [4.69, 9.17) is 0 Å². The van der Waals surface area contributed by atoms with Crippen molar-refractivity contribution in [1.82, 2.24) is 0 Å². The molecule has 0 spiro atoms. The summed E-state index contributed by atoms with van der Waals surface area (Å²) < 4.78 is 0. The molecule has 0 radical (unpaired) electrons. The largest absolute Gasteiger partial charge is 0.325 e. The zero-order valence-corrected chi connectivity index (χ0v) is 13.5. The summed E-state index contributed by atoms with van der Waals surface area (Å²) in [5.41, 5.74) is 2.59. The summed E-state index contributed by atoms with van der Waals surface area (Å²) in [7, 11) is 0. The highest BCUT2D eigenvalue weighted by molar-refractivity contribution is 8.14. The molecule has 0 saturated carbocycles. The van der Waals surface area contributed by atoms with E-state index < -0.39 is 0 Å². The van der Waals surface area contributed by atoms with Gasteiger partial charge in [0.05, 0.1) is 5.75 Å². The van der Waals surface area contributed by atoms with Crippen molar-refractivity contribution in [1.29, 1.82) is 0 Å². The molecule has 0 aromatic heterocycles. The Labute approximate surface area is 135 Å². The average Bonchev–Trinajstić information content (AvgIpc) is 2.54. The average molecular weight is 313 g/mol. The van der Waals surface area contributed by atoms with E-state index in [2.05, 4.69) is 19.2 Å². The van der Waals surface area contributed by atoms with Gasteiger partial charge in [-0.25, -0.2) is 0 Å². The summed E-state index contributed by atoms with van der Waals surface area (Å²) in [4.78, 5) is 23.8. The Morgan fingerprint density at radius 2 is 1.64 bits per heavy atom. The predicted octanol–water partition coefficient (Wildman–Crippen LogP) is 4.32. The molecule has 0 heterocycles. The van der Waals surface area contributed by atoms with Gasteiger partial charge < -0.3 is 5.32 Å². The van der Waals surface area contributed by atoms with Crippen LogP contribution in [0.4, 0.5) is 5.69 Å². The maximum absolute atomic E-state index is 11.9. The Bertz CT molecular complexity index is 636. The first-order chi connectivity index (χ1) is 10.6. The smallest absolute Gasteiger partial charge is 0.234 e. The quantitative estimate of drug-likeness (QED) is 0.894. The van der Waals surface area contributed by atoms with Gasteiger partial charge in [0.2, 0.25) is 11.0 Å². The molecule has 0 aliphatic heterocycles. The van der Waals surface area contributed by atoms with Crippen molar-refractivity contribution in [2.75, 3.05) is 11.1 Å². The maximum atomic E-state index is 11.9. The fraction of sp³-hybridized carbons (Fsp3) is 0.222. The van der Waals surface area contributed by atoms with Gasteiger partial charge in [-0.3, -0.25) is 9.59 Å². The number of carbonyl (C=O) groups is 2. The topological polar surface area (TPSA) is 46.2 Å². The van der Waals surface area contributed by atoms with Crippen LogP contribution in [0, 0.1) is 0 Å². The number of anilines is 1. The molecule has 0 aliphatic rings. The van der Waals surface area contributed by atoms with Gasteiger partial charge in [0, 0.05) is 11.3 Å². The Kier molecular flexibility index (Phi) is 5.78. The number of carbonyl (C=O) groups excluding carboxylic acids is 2. The lowest BCUT2D eigenvalue weighted by molar-refractivity contribution is -0.113. The van der Waals surface area contributed by atoms with E-state index >= 15 is 0 Å². The molecule has 0 aliphatic carbocycles. The highest BCUT2D eigenvalue weighted by Crippen LogP contribution is 2.18. The van der Waals surface area contributed by atoms with E-state index in [0.29, 0.717) is 11.5 Å². The second kappa shape index (κ2) is 7.80. The minimum absolute atomic E-state index is 0.0918. The third-order valence-electron chi connectivity index (χ3n) is 3.20. The zero-order valence-electron chi connectivity index (χ0n) is 12.7. The number of amides is 1. The molecule has 2 aromatic carbocycles. The van der Waals surface area contributed by atoms with Crippen LogP contribution in [0.15, 0.2) is 54.6 Å². The van der Waals surface area contributed by atoms with Gasteiger partial charge in [0.15, 0.2) is 0 Å². The Balaban J connectivity index is 1.84. The van der Waals surface area contributed by atoms with Gasteiger partial charge in [-0.05, 0) is 23.6 Å². The lowest BCUT2D eigenvalue weighted by Crippen LogP contribution is -2.15. The predicted molar refractivity (Wildman–Crippen MR) is 92.4 cm³/mol. The molecule has 0 bridgehead atoms. The molecule has 1 amide bonds. The first-order valence-electron chi connectivity index (χ1n) is 7.18. The highest BCUT2D eigenvalue weighted by atomic mass is 32.2. The number of thioether (sulfide) groups is 1. The van der Waals surface area contributed by atoms with Crippen molar-refractivity contribution in [2.24, 2.45) is 0 Å². The first kappa shape index (κ1) is 16.3. The Morgan fingerprint density at radius 1 is 1.00 bits per heavy atom. The molecule has 4 heteroatoms. The Morgan fingerprint density at radius 3 is 2.23 bits per heavy atom. The van der Waals surface area contributed by atoms with Gasteiger partial charge in [0.25, 0.3) is 0 Å². The van der Waals surface area contributed by atoms with Crippen LogP contribution in [0.2, 0.25) is 0 Å². The van der Waals surface area contributed by atoms with E-state index in [9.17, 15) is 9.59 Å². The summed E-state index contributed by atoms with van der Waals surface area (Å²) >= 11 is 1.01. The van der Waals surface area contributed by atoms with Crippen LogP contribution in [0.5, 0.6) is 0 Å². The molecular weight excluding hydrogens is 294 g/mol. The SMILES string of the molecule is CC(C)c1ccc(NC(=O)CSC(=O)c2ccccc2)cc1. The van der Waals surface area contributed by atoms with Crippen LogP contribution in [0.3, 0.4) is 0 Å². The van der Waals surface area contributed by atoms with Crippen LogP contribution in [0.1, 0.15) is 35.7 Å². The van der Waals surface area contributed by atoms with Crippen molar-refractivity contribution in [2.45, 2.75) is 19.8 Å². The second-order valence-corrected chi connectivity index (χ2v) is 6.22. The van der Waals surface area contributed by atoms with E-state index in [1.54, 1.807) is 12.1 Å². The number of rotatable bonds is 5. The highest BCUT2D eigenvalue weighted by Gasteiger charge is 2.10. The summed E-state index contributed by atoms with van der Waals surface area (Å²) in [6, 6.07) is 16.7. The van der Waals surface area contributed by atoms with Crippen LogP contribution in [-0.2, 0) is 4.79 Å². The first-order valence-corrected chi connectivity index (χ1v) is 8.17. The van der Waals surface area contributed by atoms with E-state index in [-0.39, 0.29) is 16.8 Å². The molecule has 22 heavy (non-hydrogen) atoms. The molecule has 3 nitrogen and oxygen atoms in total. The third-order valence-corrected chi connectivity index (χ3v) is 4.11. The molecule has 0 fully saturated rings. The maximum Gasteiger partial charge on any atom is 0.234 e. The van der Waals surface area contributed by atoms with Crippen molar-refractivity contribution in [3.63, 3.8) is 0 Å². The minimum atomic E-state index is -0.174. The monoisotopic (exact) mass is 313 g/mol. The minimum Gasteiger partial charge on any atom is -0.325 e. The summed E-state index contributed by atoms with van der Waals surface area (Å²) in [6.45, 7) is 4.25. The number of nitrogens with one attached hydrogen (secondary N) is 1. The Hall–Kier alpha value is -2.07. The standard InChI is InChI=1S/C18H19NO2S/c1-13(2)14-8-10-16(11-9-14)19-17(20)12-22-18(21)15-6-4-3-5-7-15/h3-11,13H,12H2,1-2H3,(H,19,20). The van der Waals surface area contributed by atoms with Crippen molar-refractivity contribution in [3.05, 3.63) is 65.7 Å². The van der Waals surface area contributed by atoms with Gasteiger partial charge in [0.1, 0.15) is 0 Å². The van der Waals surface area contributed by atoms with Gasteiger partial charge >= 0.3 is 0 Å². The molecule has 114 valence electrons. The van der Waals surface area contributed by atoms with E-state index in [1.807, 2.05) is 42.5 Å². The van der Waals surface area contributed by atoms with E-state index in [1.165, 1.54) is 5.56 Å². The lowest BCUT2D eigenvalue weighted by atomic mass is 10.0. The second-order valence-electron chi connectivity index (χ2n) is 5.27. The summed E-state index contributed by atoms with van der Waals surface area (Å²) in [6.07, 6.45) is 0. The van der Waals surface area contributed by atoms with Crippen molar-refractivity contribution >= 4 is 28.5 Å². The van der Waals surface area contributed by atoms with Gasteiger partial charge in [-0.2, -0.15) is 0 Å². The molecule has 2 rings (SSSR count). The number of hydrogen-bond donors (Lipinski definition) is 1. The molecule has 0 saturated heterocycles. The van der Waals surface area contributed by atoms with Crippen LogP contribution >= 0.6 is 11.8 Å². The van der Waals surface area contributed by atoms with Crippen molar-refractivity contribution in [3.8, 4) is 0 Å². The summed E-state index contributed by atoms with van der Waals surface area (Å²) in [5.74, 6) is 0.398. The zero-order chi connectivity index (χ0) is 15.9. The molecular formula is C18H19NO2S. The van der Waals surface area contributed by atoms with Crippen molar-refractivity contribution < 1.29 is 9.59 Å². The van der Waals surface area contributed by atoms with Crippen LogP contribution in [0.25, 0.3) is 0 Å². The number of benzene rings is 2. The number of hydrogen-bond acceptors (Lipinski definition) is 3. The van der Waals surface area contributed by atoms with E-state index in [0.717, 1.165) is 17.4 Å². The molecule has 0 unspecified atom stereocenters. The van der Waals surface area contributed by atoms with Crippen LogP contribution in [-0.4, -0.2) is 16.8 Å². The molecule has 1 N–H and O–H groups in total. The summed E-state index contributed by atoms with van der Waals surface area (Å²) in [5, 5.41) is 2.71. The fourth-order valence-electron chi connectivity index (χ4n) is 1.94. The lowest BCUT2D eigenvalue weighted by Gasteiger charge is -2.08. The molecule has 2 aromatic rings. The molecule has 0 atom stereocenters. The van der Waals surface area contributed by atoms with Gasteiger partial charge in [-0.15, -0.1) is 0 Å². The fourth-order valence-corrected chi connectivity index (χ4v) is 2.57. The third kappa shape index (κ3) is 4.74. The van der Waals surface area contributed by atoms with Crippen LogP contribution < -0.4 is 5.32 Å².